The molecule has 1 heterocycles. The van der Waals surface area contributed by atoms with Crippen molar-refractivity contribution >= 4 is 0 Å². The average Bonchev–Trinajstić information content (AvgIpc) is 2.47. The highest BCUT2D eigenvalue weighted by molar-refractivity contribution is 5.47. The van der Waals surface area contributed by atoms with Gasteiger partial charge >= 0.3 is 0 Å². The maximum Gasteiger partial charge on any atom is 0.131 e. The van der Waals surface area contributed by atoms with E-state index in [1.165, 1.54) is 0 Å². The van der Waals surface area contributed by atoms with Gasteiger partial charge in [0.1, 0.15) is 17.6 Å². The minimum atomic E-state index is -0.859. The van der Waals surface area contributed by atoms with Crippen molar-refractivity contribution in [1.82, 2.24) is 0 Å². The Morgan fingerprint density at radius 1 is 1.40 bits per heavy atom. The van der Waals surface area contributed by atoms with Crippen LogP contribution in [-0.4, -0.2) is 21.9 Å². The Balaban J connectivity index is 2.32. The molecule has 0 bridgehead atoms. The van der Waals surface area contributed by atoms with Crippen LogP contribution in [0.2, 0.25) is 0 Å². The fraction of sp³-hybridized carbons (Fsp3) is 0.500. The van der Waals surface area contributed by atoms with Crippen molar-refractivity contribution < 1.29 is 14.9 Å². The summed E-state index contributed by atoms with van der Waals surface area (Å²) in [5.41, 5.74) is 0.901. The molecule has 1 aliphatic rings. The molecule has 0 saturated heterocycles. The highest BCUT2D eigenvalue weighted by atomic mass is 16.5. The Morgan fingerprint density at radius 3 is 2.67 bits per heavy atom. The smallest absolute Gasteiger partial charge is 0.131 e. The third kappa shape index (κ3) is 1.79. The topological polar surface area (TPSA) is 49.7 Å². The number of aryl methyl sites for hydroxylation is 1. The Labute approximate surface area is 89.3 Å². The summed E-state index contributed by atoms with van der Waals surface area (Å²) in [5.74, 6) is 1.06. The van der Waals surface area contributed by atoms with Gasteiger partial charge in [-0.25, -0.2) is 0 Å². The second-order valence-corrected chi connectivity index (χ2v) is 4.71. The molecule has 0 unspecified atom stereocenters. The summed E-state index contributed by atoms with van der Waals surface area (Å²) < 4.78 is 5.65. The first-order chi connectivity index (χ1) is 6.88. The van der Waals surface area contributed by atoms with Crippen molar-refractivity contribution in [1.29, 1.82) is 0 Å². The molecule has 1 atom stereocenters. The van der Waals surface area contributed by atoms with Crippen LogP contribution in [0.15, 0.2) is 12.1 Å². The Hall–Kier alpha value is -1.22. The molecule has 0 aromatic heterocycles. The van der Waals surface area contributed by atoms with Crippen LogP contribution < -0.4 is 4.74 Å². The van der Waals surface area contributed by atoms with Crippen LogP contribution in [0, 0.1) is 6.92 Å². The molecule has 0 spiro atoms. The van der Waals surface area contributed by atoms with Crippen LogP contribution in [0.5, 0.6) is 11.5 Å². The lowest BCUT2D eigenvalue weighted by Gasteiger charge is -2.24. The normalized spacial score (nSPS) is 19.9. The zero-order valence-corrected chi connectivity index (χ0v) is 9.24. The molecule has 3 nitrogen and oxygen atoms in total. The molecule has 1 aliphatic heterocycles. The fourth-order valence-corrected chi connectivity index (χ4v) is 1.77. The third-order valence-electron chi connectivity index (χ3n) is 2.84. The molecular weight excluding hydrogens is 192 g/mol. The van der Waals surface area contributed by atoms with Gasteiger partial charge in [-0.15, -0.1) is 0 Å². The molecule has 2 N–H and O–H groups in total. The number of hydrogen-bond donors (Lipinski definition) is 2. The second-order valence-electron chi connectivity index (χ2n) is 4.71. The predicted octanol–water partition coefficient (Wildman–Crippen LogP) is 1.78. The number of ether oxygens (including phenoxy) is 1. The molecule has 0 saturated carbocycles. The number of phenols is 1. The molecule has 1 aromatic carbocycles. The first-order valence-electron chi connectivity index (χ1n) is 5.09. The number of benzene rings is 1. The van der Waals surface area contributed by atoms with E-state index in [0.29, 0.717) is 6.42 Å². The largest absolute Gasteiger partial charge is 0.508 e. The number of phenolic OH excluding ortho intramolecular Hbond substituents is 1. The van der Waals surface area contributed by atoms with Crippen LogP contribution in [0.25, 0.3) is 0 Å². The molecule has 0 fully saturated rings. The zero-order valence-electron chi connectivity index (χ0n) is 9.24. The van der Waals surface area contributed by atoms with E-state index in [1.54, 1.807) is 19.9 Å². The van der Waals surface area contributed by atoms with Gasteiger partial charge < -0.3 is 14.9 Å². The second kappa shape index (κ2) is 3.14. The number of aromatic hydroxyl groups is 1. The standard InChI is InChI=1S/C12H16O3/c1-7-4-10-8(5-9(7)13)6-11(15-10)12(2,3)14/h4-5,11,13-14H,6H2,1-3H3/t11-/m0/s1. The molecule has 3 heteroatoms. The van der Waals surface area contributed by atoms with Gasteiger partial charge in [0.05, 0.1) is 5.60 Å². The van der Waals surface area contributed by atoms with Crippen molar-refractivity contribution in [3.05, 3.63) is 23.3 Å². The highest BCUT2D eigenvalue weighted by Crippen LogP contribution is 2.36. The first kappa shape index (κ1) is 10.3. The average molecular weight is 208 g/mol. The van der Waals surface area contributed by atoms with Gasteiger partial charge in [0.25, 0.3) is 0 Å². The van der Waals surface area contributed by atoms with Crippen molar-refractivity contribution in [2.24, 2.45) is 0 Å². The van der Waals surface area contributed by atoms with Gasteiger partial charge in [0, 0.05) is 12.0 Å². The molecule has 2 rings (SSSR count). The number of aliphatic hydroxyl groups is 1. The number of fused-ring (bicyclic) bond motifs is 1. The maximum atomic E-state index is 9.84. The lowest BCUT2D eigenvalue weighted by atomic mass is 9.97. The molecular formula is C12H16O3. The predicted molar refractivity (Wildman–Crippen MR) is 57.3 cm³/mol. The summed E-state index contributed by atoms with van der Waals surface area (Å²) in [6.07, 6.45) is 0.417. The number of rotatable bonds is 1. The van der Waals surface area contributed by atoms with Gasteiger partial charge in [-0.1, -0.05) is 0 Å². The molecule has 0 aliphatic carbocycles. The van der Waals surface area contributed by atoms with Crippen LogP contribution in [0.4, 0.5) is 0 Å². The number of hydrogen-bond acceptors (Lipinski definition) is 3. The van der Waals surface area contributed by atoms with Crippen molar-refractivity contribution in [3.8, 4) is 11.5 Å². The van der Waals surface area contributed by atoms with Crippen molar-refractivity contribution in [2.45, 2.75) is 38.9 Å². The van der Waals surface area contributed by atoms with E-state index in [1.807, 2.05) is 13.0 Å². The van der Waals surface area contributed by atoms with E-state index in [9.17, 15) is 10.2 Å². The summed E-state index contributed by atoms with van der Waals surface area (Å²) in [5, 5.41) is 19.4. The monoisotopic (exact) mass is 208 g/mol. The van der Waals surface area contributed by atoms with Gasteiger partial charge in [0.2, 0.25) is 0 Å². The minimum Gasteiger partial charge on any atom is -0.508 e. The summed E-state index contributed by atoms with van der Waals surface area (Å²) in [6.45, 7) is 5.29. The molecule has 15 heavy (non-hydrogen) atoms. The fourth-order valence-electron chi connectivity index (χ4n) is 1.77. The van der Waals surface area contributed by atoms with Crippen molar-refractivity contribution in [2.75, 3.05) is 0 Å². The van der Waals surface area contributed by atoms with Gasteiger partial charge in [-0.3, -0.25) is 0 Å². The van der Waals surface area contributed by atoms with Gasteiger partial charge in [-0.05, 0) is 38.5 Å². The maximum absolute atomic E-state index is 9.84. The van der Waals surface area contributed by atoms with Crippen LogP contribution in [0.1, 0.15) is 25.0 Å². The summed E-state index contributed by atoms with van der Waals surface area (Å²) in [6, 6.07) is 3.53. The van der Waals surface area contributed by atoms with Crippen LogP contribution in [-0.2, 0) is 6.42 Å². The van der Waals surface area contributed by atoms with Crippen molar-refractivity contribution in [3.63, 3.8) is 0 Å². The van der Waals surface area contributed by atoms with Crippen LogP contribution >= 0.6 is 0 Å². The van der Waals surface area contributed by atoms with E-state index in [2.05, 4.69) is 0 Å². The Kier molecular flexibility index (Phi) is 2.15. The summed E-state index contributed by atoms with van der Waals surface area (Å²) in [7, 11) is 0. The molecule has 1 aromatic rings. The van der Waals surface area contributed by atoms with Gasteiger partial charge in [0.15, 0.2) is 0 Å². The summed E-state index contributed by atoms with van der Waals surface area (Å²) in [4.78, 5) is 0. The lowest BCUT2D eigenvalue weighted by molar-refractivity contribution is -0.0229. The Morgan fingerprint density at radius 2 is 2.07 bits per heavy atom. The van der Waals surface area contributed by atoms with E-state index >= 15 is 0 Å². The molecule has 0 radical (unpaired) electrons. The van der Waals surface area contributed by atoms with Crippen LogP contribution in [0.3, 0.4) is 0 Å². The van der Waals surface area contributed by atoms with E-state index in [0.717, 1.165) is 16.9 Å². The first-order valence-corrected chi connectivity index (χ1v) is 5.09. The SMILES string of the molecule is Cc1cc2c(cc1O)C[C@@H](C(C)(C)O)O2. The van der Waals surface area contributed by atoms with E-state index in [-0.39, 0.29) is 11.9 Å². The molecule has 82 valence electrons. The molecule has 0 amide bonds. The third-order valence-corrected chi connectivity index (χ3v) is 2.84. The summed E-state index contributed by atoms with van der Waals surface area (Å²) >= 11 is 0. The van der Waals surface area contributed by atoms with E-state index in [4.69, 9.17) is 4.74 Å². The lowest BCUT2D eigenvalue weighted by Crippen LogP contribution is -2.39. The Bertz CT molecular complexity index is 360. The van der Waals surface area contributed by atoms with E-state index < -0.39 is 5.60 Å². The highest BCUT2D eigenvalue weighted by Gasteiger charge is 2.35. The quantitative estimate of drug-likeness (QED) is 0.739. The zero-order chi connectivity index (χ0) is 11.2. The van der Waals surface area contributed by atoms with Gasteiger partial charge in [-0.2, -0.15) is 0 Å². The minimum absolute atomic E-state index is 0.228.